The zero-order valence-corrected chi connectivity index (χ0v) is 14.8. The summed E-state index contributed by atoms with van der Waals surface area (Å²) in [7, 11) is 0. The van der Waals surface area contributed by atoms with E-state index in [9.17, 15) is 19.7 Å². The molecule has 1 aromatic heterocycles. The highest BCUT2D eigenvalue weighted by Gasteiger charge is 2.11. The van der Waals surface area contributed by atoms with Crippen LogP contribution in [0, 0.1) is 10.1 Å². The summed E-state index contributed by atoms with van der Waals surface area (Å²) in [4.78, 5) is 38.3. The Kier molecular flexibility index (Phi) is 5.91. The molecule has 0 unspecified atom stereocenters. The van der Waals surface area contributed by atoms with Crippen LogP contribution in [-0.2, 0) is 16.1 Å². The first-order valence-corrected chi connectivity index (χ1v) is 8.55. The fourth-order valence-corrected chi connectivity index (χ4v) is 2.63. The molecule has 1 N–H and O–H groups in total. The maximum Gasteiger partial charge on any atom is 0.307 e. The van der Waals surface area contributed by atoms with Gasteiger partial charge in [-0.1, -0.05) is 24.3 Å². The van der Waals surface area contributed by atoms with E-state index in [4.69, 9.17) is 4.74 Å². The van der Waals surface area contributed by atoms with E-state index >= 15 is 0 Å². The maximum absolute atomic E-state index is 12.0. The van der Waals surface area contributed by atoms with Gasteiger partial charge in [0.25, 0.3) is 11.6 Å². The lowest BCUT2D eigenvalue weighted by atomic mass is 10.1. The van der Waals surface area contributed by atoms with Gasteiger partial charge in [-0.25, -0.2) is 0 Å². The summed E-state index contributed by atoms with van der Waals surface area (Å²) in [5.41, 5.74) is 1.77. The molecule has 0 saturated heterocycles. The Labute approximate surface area is 160 Å². The molecule has 3 rings (SSSR count). The summed E-state index contributed by atoms with van der Waals surface area (Å²) in [5.74, 6) is -0.863. The number of carbonyl (C=O) groups is 2. The molecule has 0 bridgehead atoms. The minimum absolute atomic E-state index is 0.0108. The Balaban J connectivity index is 1.46. The van der Waals surface area contributed by atoms with Crippen molar-refractivity contribution in [3.05, 3.63) is 82.0 Å². The molecule has 1 heterocycles. The van der Waals surface area contributed by atoms with Crippen LogP contribution in [0.25, 0.3) is 10.9 Å². The average molecular weight is 379 g/mol. The number of nitro benzene ring substituents is 1. The van der Waals surface area contributed by atoms with Crippen molar-refractivity contribution in [1.29, 1.82) is 0 Å². The molecule has 0 aliphatic heterocycles. The van der Waals surface area contributed by atoms with E-state index in [-0.39, 0.29) is 30.8 Å². The van der Waals surface area contributed by atoms with Crippen LogP contribution >= 0.6 is 0 Å². The molecule has 0 saturated carbocycles. The Morgan fingerprint density at radius 2 is 1.82 bits per heavy atom. The molecule has 3 aromatic rings. The third kappa shape index (κ3) is 4.67. The third-order valence-electron chi connectivity index (χ3n) is 4.06. The number of carbonyl (C=O) groups excluding carboxylic acids is 2. The molecule has 2 aromatic carbocycles. The number of aromatic nitrogens is 1. The van der Waals surface area contributed by atoms with Gasteiger partial charge in [-0.3, -0.25) is 24.7 Å². The molecule has 0 fully saturated rings. The summed E-state index contributed by atoms with van der Waals surface area (Å²) in [6.45, 7) is 0.200. The van der Waals surface area contributed by atoms with Gasteiger partial charge in [0.05, 0.1) is 16.9 Å². The van der Waals surface area contributed by atoms with Gasteiger partial charge in [-0.2, -0.15) is 0 Å². The number of nitrogens with zero attached hydrogens (tertiary/aromatic N) is 2. The second-order valence-electron chi connectivity index (χ2n) is 5.96. The fourth-order valence-electron chi connectivity index (χ4n) is 2.63. The van der Waals surface area contributed by atoms with Crippen LogP contribution in [0.3, 0.4) is 0 Å². The number of non-ortho nitro benzene ring substituents is 1. The lowest BCUT2D eigenvalue weighted by molar-refractivity contribution is -0.384. The first-order valence-electron chi connectivity index (χ1n) is 8.55. The number of pyridine rings is 1. The highest BCUT2D eigenvalue weighted by atomic mass is 16.6. The van der Waals surface area contributed by atoms with Crippen molar-refractivity contribution in [1.82, 2.24) is 10.3 Å². The highest BCUT2D eigenvalue weighted by molar-refractivity contribution is 5.94. The molecule has 0 aliphatic rings. The Hall–Kier alpha value is -3.81. The van der Waals surface area contributed by atoms with Gasteiger partial charge in [0.1, 0.15) is 6.61 Å². The number of hydrogen-bond acceptors (Lipinski definition) is 6. The number of ether oxygens (including phenoxy) is 1. The predicted molar refractivity (Wildman–Crippen MR) is 102 cm³/mol. The van der Waals surface area contributed by atoms with Gasteiger partial charge < -0.3 is 10.1 Å². The normalized spacial score (nSPS) is 10.4. The molecular weight excluding hydrogens is 362 g/mol. The van der Waals surface area contributed by atoms with Gasteiger partial charge in [0.15, 0.2) is 0 Å². The number of fused-ring (bicyclic) bond motifs is 1. The minimum atomic E-state index is -0.539. The van der Waals surface area contributed by atoms with Crippen molar-refractivity contribution in [2.24, 2.45) is 0 Å². The number of esters is 1. The Bertz CT molecular complexity index is 1010. The van der Waals surface area contributed by atoms with E-state index in [2.05, 4.69) is 10.3 Å². The molecule has 142 valence electrons. The van der Waals surface area contributed by atoms with E-state index in [1.165, 1.54) is 24.3 Å². The van der Waals surface area contributed by atoms with E-state index in [1.54, 1.807) is 6.20 Å². The second-order valence-corrected chi connectivity index (χ2v) is 5.96. The van der Waals surface area contributed by atoms with Gasteiger partial charge in [-0.05, 0) is 18.2 Å². The zero-order chi connectivity index (χ0) is 19.9. The maximum atomic E-state index is 12.0. The number of para-hydroxylation sites is 1. The molecule has 1 amide bonds. The number of hydrogen-bond donors (Lipinski definition) is 1. The summed E-state index contributed by atoms with van der Waals surface area (Å²) >= 11 is 0. The van der Waals surface area contributed by atoms with Gasteiger partial charge in [0, 0.05) is 41.4 Å². The molecule has 28 heavy (non-hydrogen) atoms. The SMILES string of the molecule is O=C(CCNC(=O)c1ccc([N+](=O)[O-])cc1)OCc1cccc2cccnc12. The van der Waals surface area contributed by atoms with Crippen molar-refractivity contribution in [2.45, 2.75) is 13.0 Å². The molecule has 0 radical (unpaired) electrons. The van der Waals surface area contributed by atoms with Gasteiger partial charge in [0.2, 0.25) is 0 Å². The Morgan fingerprint density at radius 1 is 1.07 bits per heavy atom. The van der Waals surface area contributed by atoms with Crippen LogP contribution in [0.2, 0.25) is 0 Å². The van der Waals surface area contributed by atoms with E-state index in [0.29, 0.717) is 0 Å². The molecule has 8 heteroatoms. The third-order valence-corrected chi connectivity index (χ3v) is 4.06. The number of benzene rings is 2. The highest BCUT2D eigenvalue weighted by Crippen LogP contribution is 2.17. The van der Waals surface area contributed by atoms with Crippen molar-refractivity contribution in [3.63, 3.8) is 0 Å². The smallest absolute Gasteiger partial charge is 0.307 e. The van der Waals surface area contributed by atoms with Gasteiger partial charge >= 0.3 is 5.97 Å². The van der Waals surface area contributed by atoms with Crippen LogP contribution in [0.1, 0.15) is 22.3 Å². The molecule has 0 aliphatic carbocycles. The number of nitrogens with one attached hydrogen (secondary N) is 1. The molecular formula is C20H17N3O5. The van der Waals surface area contributed by atoms with E-state index < -0.39 is 16.8 Å². The summed E-state index contributed by atoms with van der Waals surface area (Å²) < 4.78 is 5.26. The average Bonchev–Trinajstić information content (AvgIpc) is 2.72. The lowest BCUT2D eigenvalue weighted by Crippen LogP contribution is -2.26. The predicted octanol–water partition coefficient (Wildman–Crippen LogP) is 3.01. The first kappa shape index (κ1) is 19.0. The number of nitro groups is 1. The molecule has 8 nitrogen and oxygen atoms in total. The summed E-state index contributed by atoms with van der Waals surface area (Å²) in [5, 5.41) is 14.2. The van der Waals surface area contributed by atoms with Crippen LogP contribution in [-0.4, -0.2) is 28.3 Å². The number of amides is 1. The largest absolute Gasteiger partial charge is 0.461 e. The zero-order valence-electron chi connectivity index (χ0n) is 14.8. The van der Waals surface area contributed by atoms with Crippen molar-refractivity contribution < 1.29 is 19.2 Å². The quantitative estimate of drug-likeness (QED) is 0.384. The van der Waals surface area contributed by atoms with Crippen LogP contribution < -0.4 is 5.32 Å². The fraction of sp³-hybridized carbons (Fsp3) is 0.150. The monoisotopic (exact) mass is 379 g/mol. The number of rotatable bonds is 7. The van der Waals surface area contributed by atoms with Crippen LogP contribution in [0.15, 0.2) is 60.8 Å². The van der Waals surface area contributed by atoms with E-state index in [0.717, 1.165) is 16.5 Å². The van der Waals surface area contributed by atoms with Crippen LogP contribution in [0.4, 0.5) is 5.69 Å². The van der Waals surface area contributed by atoms with Crippen LogP contribution in [0.5, 0.6) is 0 Å². The van der Waals surface area contributed by atoms with Crippen molar-refractivity contribution >= 4 is 28.5 Å². The van der Waals surface area contributed by atoms with Crippen molar-refractivity contribution in [3.8, 4) is 0 Å². The summed E-state index contributed by atoms with van der Waals surface area (Å²) in [6, 6.07) is 14.6. The van der Waals surface area contributed by atoms with E-state index in [1.807, 2.05) is 30.3 Å². The summed E-state index contributed by atoms with van der Waals surface area (Å²) in [6.07, 6.45) is 1.69. The second kappa shape index (κ2) is 8.72. The van der Waals surface area contributed by atoms with Gasteiger partial charge in [-0.15, -0.1) is 0 Å². The topological polar surface area (TPSA) is 111 Å². The Morgan fingerprint density at radius 3 is 2.57 bits per heavy atom. The molecule has 0 spiro atoms. The lowest BCUT2D eigenvalue weighted by Gasteiger charge is -2.08. The minimum Gasteiger partial charge on any atom is -0.461 e. The first-order chi connectivity index (χ1) is 13.5. The standard InChI is InChI=1S/C20H17N3O5/c24-18(28-13-16-4-1-3-14-5-2-11-21-19(14)16)10-12-22-20(25)15-6-8-17(9-7-15)23(26)27/h1-9,11H,10,12-13H2,(H,22,25). The van der Waals surface area contributed by atoms with Crippen molar-refractivity contribution in [2.75, 3.05) is 6.54 Å². The molecule has 0 atom stereocenters.